The zero-order chi connectivity index (χ0) is 21.0. The quantitative estimate of drug-likeness (QED) is 0.229. The van der Waals surface area contributed by atoms with Crippen LogP contribution >= 0.6 is 0 Å². The molecule has 11 heteroatoms. The van der Waals surface area contributed by atoms with Crippen molar-refractivity contribution >= 4 is 5.97 Å². The van der Waals surface area contributed by atoms with Gasteiger partial charge in [-0.05, 0) is 6.08 Å². The van der Waals surface area contributed by atoms with Crippen LogP contribution in [0.15, 0.2) is 23.4 Å². The fourth-order valence-electron chi connectivity index (χ4n) is 2.97. The minimum absolute atomic E-state index is 0.191. The third kappa shape index (κ3) is 4.57. The maximum absolute atomic E-state index is 11.8. The Morgan fingerprint density at radius 3 is 2.43 bits per heavy atom. The van der Waals surface area contributed by atoms with Crippen molar-refractivity contribution in [3.63, 3.8) is 0 Å². The van der Waals surface area contributed by atoms with Gasteiger partial charge in [-0.1, -0.05) is 6.92 Å². The van der Waals surface area contributed by atoms with Gasteiger partial charge < -0.3 is 50.0 Å². The Morgan fingerprint density at radius 2 is 1.86 bits per heavy atom. The van der Waals surface area contributed by atoms with Crippen LogP contribution in [-0.4, -0.2) is 98.7 Å². The second-order valence-corrected chi connectivity index (χ2v) is 6.71. The van der Waals surface area contributed by atoms with E-state index >= 15 is 0 Å². The van der Waals surface area contributed by atoms with Crippen LogP contribution in [-0.2, 0) is 19.0 Å². The third-order valence-electron chi connectivity index (χ3n) is 4.82. The fraction of sp³-hybridized carbons (Fsp3) is 0.706. The van der Waals surface area contributed by atoms with Crippen molar-refractivity contribution in [1.82, 2.24) is 0 Å². The van der Waals surface area contributed by atoms with Gasteiger partial charge in [0.2, 0.25) is 5.76 Å². The van der Waals surface area contributed by atoms with E-state index in [2.05, 4.69) is 0 Å². The summed E-state index contributed by atoms with van der Waals surface area (Å²) in [6, 6.07) is 0. The van der Waals surface area contributed by atoms with Gasteiger partial charge in [-0.25, -0.2) is 4.79 Å². The minimum atomic E-state index is -1.53. The van der Waals surface area contributed by atoms with Crippen molar-refractivity contribution in [1.29, 1.82) is 0 Å². The average molecular weight is 406 g/mol. The van der Waals surface area contributed by atoms with Crippen LogP contribution in [0.3, 0.4) is 0 Å². The molecule has 2 rings (SSSR count). The molecule has 0 spiro atoms. The molecule has 7 N–H and O–H groups in total. The van der Waals surface area contributed by atoms with Crippen LogP contribution < -0.4 is 0 Å². The summed E-state index contributed by atoms with van der Waals surface area (Å²) in [5, 5.41) is 67.7. The molecule has 2 heterocycles. The zero-order valence-electron chi connectivity index (χ0n) is 15.2. The topological polar surface area (TPSA) is 186 Å². The highest BCUT2D eigenvalue weighted by molar-refractivity contribution is 5.89. The summed E-state index contributed by atoms with van der Waals surface area (Å²) in [6.45, 7) is -0.600. The maximum atomic E-state index is 11.8. The number of aliphatic hydroxyl groups excluding tert-OH is 7. The lowest BCUT2D eigenvalue weighted by molar-refractivity contribution is -0.154. The van der Waals surface area contributed by atoms with Gasteiger partial charge in [0, 0.05) is 11.8 Å². The van der Waals surface area contributed by atoms with Crippen LogP contribution in [0.4, 0.5) is 0 Å². The van der Waals surface area contributed by atoms with E-state index in [1.54, 1.807) is 6.92 Å². The van der Waals surface area contributed by atoms with Gasteiger partial charge in [-0.2, -0.15) is 0 Å². The van der Waals surface area contributed by atoms with Gasteiger partial charge in [0.25, 0.3) is 0 Å². The Kier molecular flexibility index (Phi) is 7.63. The van der Waals surface area contributed by atoms with Crippen LogP contribution in [0.5, 0.6) is 0 Å². The number of rotatable bonds is 7. The minimum Gasteiger partial charge on any atom is -0.512 e. The van der Waals surface area contributed by atoms with E-state index in [-0.39, 0.29) is 12.4 Å². The molecule has 11 nitrogen and oxygen atoms in total. The molecule has 0 aliphatic carbocycles. The summed E-state index contributed by atoms with van der Waals surface area (Å²) in [6.07, 6.45) is -5.08. The lowest BCUT2D eigenvalue weighted by atomic mass is 9.91. The average Bonchev–Trinajstić information content (AvgIpc) is 2.97. The van der Waals surface area contributed by atoms with Gasteiger partial charge >= 0.3 is 5.97 Å². The monoisotopic (exact) mass is 406 g/mol. The standard InChI is InChI=1S/C17H26O11/c1-7-9(21)2-8(3-18)13(23)11(5-20)27-12(7)6-26-16-14(24)15(10(22)4-19)28-17(16)25/h2,7-8,10-13,15,18-24H,3-6H2,1H3/b9-2+/t7?,8?,10?,11?,12-,13+,15?/m1/s1. The van der Waals surface area contributed by atoms with Crippen molar-refractivity contribution in [2.45, 2.75) is 37.4 Å². The molecule has 2 aliphatic heterocycles. The third-order valence-corrected chi connectivity index (χ3v) is 4.82. The summed E-state index contributed by atoms with van der Waals surface area (Å²) >= 11 is 0. The van der Waals surface area contributed by atoms with E-state index < -0.39 is 79.7 Å². The molecule has 0 saturated heterocycles. The van der Waals surface area contributed by atoms with Crippen LogP contribution in [0.2, 0.25) is 0 Å². The van der Waals surface area contributed by atoms with Gasteiger partial charge in [0.1, 0.15) is 24.9 Å². The Bertz CT molecular complexity index is 616. The van der Waals surface area contributed by atoms with Crippen molar-refractivity contribution in [2.24, 2.45) is 11.8 Å². The molecular formula is C17H26O11. The molecule has 2 aliphatic rings. The number of hydrogen-bond acceptors (Lipinski definition) is 11. The van der Waals surface area contributed by atoms with Crippen molar-refractivity contribution < 1.29 is 54.8 Å². The summed E-state index contributed by atoms with van der Waals surface area (Å²) in [5.74, 6) is -4.05. The maximum Gasteiger partial charge on any atom is 0.378 e. The molecule has 0 aromatic carbocycles. The van der Waals surface area contributed by atoms with Crippen molar-refractivity contribution in [3.8, 4) is 0 Å². The zero-order valence-corrected chi connectivity index (χ0v) is 15.2. The van der Waals surface area contributed by atoms with E-state index in [0.717, 1.165) is 0 Å². The van der Waals surface area contributed by atoms with E-state index in [1.807, 2.05) is 0 Å². The predicted octanol–water partition coefficient (Wildman–Crippen LogP) is -2.14. The predicted molar refractivity (Wildman–Crippen MR) is 90.8 cm³/mol. The molecule has 7 atom stereocenters. The number of cyclic esters (lactones) is 1. The number of esters is 1. The smallest absolute Gasteiger partial charge is 0.378 e. The highest BCUT2D eigenvalue weighted by Crippen LogP contribution is 2.29. The van der Waals surface area contributed by atoms with Gasteiger partial charge in [-0.15, -0.1) is 0 Å². The molecule has 0 saturated carbocycles. The van der Waals surface area contributed by atoms with Gasteiger partial charge in [-0.3, -0.25) is 0 Å². The molecule has 5 unspecified atom stereocenters. The SMILES string of the molecule is CC1/C(O)=C\C(CO)[C@H](O)C(CO)O[C@@H]1COC1=C(O)C(C(O)CO)OC1=O. The molecule has 0 aromatic rings. The molecular weight excluding hydrogens is 380 g/mol. The molecule has 0 fully saturated rings. The van der Waals surface area contributed by atoms with Crippen molar-refractivity contribution in [3.05, 3.63) is 23.4 Å². The number of carbonyl (C=O) groups is 1. The molecule has 28 heavy (non-hydrogen) atoms. The van der Waals surface area contributed by atoms with Gasteiger partial charge in [0.15, 0.2) is 11.9 Å². The van der Waals surface area contributed by atoms with Crippen LogP contribution in [0.1, 0.15) is 6.92 Å². The number of aliphatic hydroxyl groups is 7. The first kappa shape index (κ1) is 22.4. The first-order valence-electron chi connectivity index (χ1n) is 8.76. The summed E-state index contributed by atoms with van der Waals surface area (Å²) in [5.41, 5.74) is 0. The first-order valence-corrected chi connectivity index (χ1v) is 8.76. The summed E-state index contributed by atoms with van der Waals surface area (Å²) in [7, 11) is 0. The lowest BCUT2D eigenvalue weighted by Crippen LogP contribution is -2.46. The van der Waals surface area contributed by atoms with E-state index in [0.29, 0.717) is 0 Å². The Hall–Kier alpha value is -1.89. The largest absolute Gasteiger partial charge is 0.512 e. The molecule has 0 amide bonds. The number of carbonyl (C=O) groups excluding carboxylic acids is 1. The second-order valence-electron chi connectivity index (χ2n) is 6.71. The Balaban J connectivity index is 2.18. The molecule has 0 aromatic heterocycles. The highest BCUT2D eigenvalue weighted by Gasteiger charge is 2.41. The highest BCUT2D eigenvalue weighted by atomic mass is 16.6. The summed E-state index contributed by atoms with van der Waals surface area (Å²) in [4.78, 5) is 11.8. The molecule has 0 radical (unpaired) electrons. The first-order chi connectivity index (χ1) is 13.2. The van der Waals surface area contributed by atoms with E-state index in [1.165, 1.54) is 6.08 Å². The Labute approximate surface area is 160 Å². The normalized spacial score (nSPS) is 36.9. The number of hydrogen-bond donors (Lipinski definition) is 7. The fourth-order valence-corrected chi connectivity index (χ4v) is 2.97. The van der Waals surface area contributed by atoms with Crippen LogP contribution in [0, 0.1) is 11.8 Å². The van der Waals surface area contributed by atoms with Gasteiger partial charge in [0.05, 0.1) is 31.7 Å². The van der Waals surface area contributed by atoms with Crippen molar-refractivity contribution in [2.75, 3.05) is 26.4 Å². The number of ether oxygens (including phenoxy) is 3. The summed E-state index contributed by atoms with van der Waals surface area (Å²) < 4.78 is 15.6. The molecule has 0 bridgehead atoms. The van der Waals surface area contributed by atoms with E-state index in [4.69, 9.17) is 19.3 Å². The second kappa shape index (κ2) is 9.54. The Morgan fingerprint density at radius 1 is 1.18 bits per heavy atom. The van der Waals surface area contributed by atoms with Crippen LogP contribution in [0.25, 0.3) is 0 Å². The molecule has 160 valence electrons. The lowest BCUT2D eigenvalue weighted by Gasteiger charge is -2.35. The van der Waals surface area contributed by atoms with E-state index in [9.17, 15) is 35.4 Å².